The number of hydrogen-bond acceptors (Lipinski definition) is 3. The lowest BCUT2D eigenvalue weighted by atomic mass is 10.2. The fourth-order valence-corrected chi connectivity index (χ4v) is 1.62. The highest BCUT2D eigenvalue weighted by Crippen LogP contribution is 2.27. The molecule has 0 fully saturated rings. The van der Waals surface area contributed by atoms with Gasteiger partial charge in [0.1, 0.15) is 23.1 Å². The first-order chi connectivity index (χ1) is 8.95. The number of nitrogens with zero attached hydrogens (tertiary/aromatic N) is 1. The average molecular weight is 265 g/mol. The number of benzene rings is 2. The summed E-state index contributed by atoms with van der Waals surface area (Å²) in [5.41, 5.74) is 0.358. The van der Waals surface area contributed by atoms with Gasteiger partial charge in [0, 0.05) is 29.8 Å². The largest absolute Gasteiger partial charge is 0.457 e. The van der Waals surface area contributed by atoms with Gasteiger partial charge in [-0.25, -0.2) is 8.78 Å². The van der Waals surface area contributed by atoms with Crippen LogP contribution in [0, 0.1) is 28.7 Å². The number of halogens is 2. The van der Waals surface area contributed by atoms with E-state index in [0.717, 1.165) is 18.2 Å². The van der Waals surface area contributed by atoms with E-state index in [1.165, 1.54) is 18.2 Å². The normalized spacial score (nSPS) is 10.3. The molecule has 0 aliphatic rings. The summed E-state index contributed by atoms with van der Waals surface area (Å²) < 4.78 is 31.2. The maximum Gasteiger partial charge on any atom is 0.272 e. The zero-order valence-corrected chi connectivity index (χ0v) is 9.89. The fourth-order valence-electron chi connectivity index (χ4n) is 1.62. The van der Waals surface area contributed by atoms with Gasteiger partial charge in [0.2, 0.25) is 0 Å². The summed E-state index contributed by atoms with van der Waals surface area (Å²) in [5.74, 6) is -1.25. The molecule has 0 radical (unpaired) electrons. The first-order valence-corrected chi connectivity index (χ1v) is 5.35. The van der Waals surface area contributed by atoms with E-state index < -0.39 is 16.6 Å². The predicted molar refractivity (Wildman–Crippen MR) is 64.3 cm³/mol. The minimum absolute atomic E-state index is 0.00856. The lowest BCUT2D eigenvalue weighted by molar-refractivity contribution is -0.385. The van der Waals surface area contributed by atoms with Crippen LogP contribution in [-0.4, -0.2) is 4.92 Å². The lowest BCUT2D eigenvalue weighted by Crippen LogP contribution is -1.93. The molecule has 4 nitrogen and oxygen atoms in total. The highest BCUT2D eigenvalue weighted by atomic mass is 19.1. The molecule has 0 spiro atoms. The molecule has 2 aromatic carbocycles. The van der Waals surface area contributed by atoms with Crippen LogP contribution < -0.4 is 4.74 Å². The highest BCUT2D eigenvalue weighted by Gasteiger charge is 2.11. The van der Waals surface area contributed by atoms with Gasteiger partial charge in [-0.05, 0) is 19.1 Å². The summed E-state index contributed by atoms with van der Waals surface area (Å²) in [6.07, 6.45) is 0. The van der Waals surface area contributed by atoms with E-state index in [0.29, 0.717) is 5.56 Å². The number of aryl methyl sites for hydroxylation is 1. The Hall–Kier alpha value is -2.50. The van der Waals surface area contributed by atoms with Crippen LogP contribution >= 0.6 is 0 Å². The van der Waals surface area contributed by atoms with Gasteiger partial charge in [-0.1, -0.05) is 0 Å². The molecule has 2 aromatic rings. The number of nitro benzene ring substituents is 1. The molecule has 0 aliphatic carbocycles. The Labute approximate surface area is 107 Å². The van der Waals surface area contributed by atoms with E-state index in [-0.39, 0.29) is 17.2 Å². The molecule has 19 heavy (non-hydrogen) atoms. The predicted octanol–water partition coefficient (Wildman–Crippen LogP) is 3.97. The first kappa shape index (κ1) is 12.9. The zero-order chi connectivity index (χ0) is 14.0. The Kier molecular flexibility index (Phi) is 3.41. The van der Waals surface area contributed by atoms with E-state index in [1.54, 1.807) is 6.92 Å². The number of ether oxygens (including phenoxy) is 1. The molecule has 0 aromatic heterocycles. The minimum Gasteiger partial charge on any atom is -0.457 e. The maximum absolute atomic E-state index is 13.0. The third-order valence-corrected chi connectivity index (χ3v) is 2.44. The quantitative estimate of drug-likeness (QED) is 0.623. The van der Waals surface area contributed by atoms with Crippen LogP contribution in [0.5, 0.6) is 11.5 Å². The standard InChI is InChI=1S/C13H9F2NO3/c1-8-4-11(2-3-13(8)16(17)18)19-12-6-9(14)5-10(15)7-12/h2-7H,1H3. The summed E-state index contributed by atoms with van der Waals surface area (Å²) in [5, 5.41) is 10.6. The maximum atomic E-state index is 13.0. The van der Waals surface area contributed by atoms with Crippen LogP contribution in [-0.2, 0) is 0 Å². The summed E-state index contributed by atoms with van der Waals surface area (Å²) in [6.45, 7) is 1.55. The van der Waals surface area contributed by atoms with E-state index in [9.17, 15) is 18.9 Å². The van der Waals surface area contributed by atoms with Gasteiger partial charge in [-0.3, -0.25) is 10.1 Å². The molecule has 0 bridgehead atoms. The van der Waals surface area contributed by atoms with Crippen molar-refractivity contribution in [1.82, 2.24) is 0 Å². The van der Waals surface area contributed by atoms with Crippen molar-refractivity contribution in [2.75, 3.05) is 0 Å². The molecule has 0 saturated carbocycles. The van der Waals surface area contributed by atoms with Crippen molar-refractivity contribution in [2.24, 2.45) is 0 Å². The topological polar surface area (TPSA) is 52.4 Å². The van der Waals surface area contributed by atoms with Crippen LogP contribution in [0.25, 0.3) is 0 Å². The first-order valence-electron chi connectivity index (χ1n) is 5.35. The molecule has 2 rings (SSSR count). The van der Waals surface area contributed by atoms with Gasteiger partial charge in [-0.15, -0.1) is 0 Å². The van der Waals surface area contributed by atoms with Crippen LogP contribution in [0.15, 0.2) is 36.4 Å². The van der Waals surface area contributed by atoms with Crippen molar-refractivity contribution < 1.29 is 18.4 Å². The van der Waals surface area contributed by atoms with E-state index >= 15 is 0 Å². The molecule has 0 heterocycles. The monoisotopic (exact) mass is 265 g/mol. The molecule has 0 amide bonds. The number of rotatable bonds is 3. The van der Waals surface area contributed by atoms with Gasteiger partial charge in [0.15, 0.2) is 0 Å². The van der Waals surface area contributed by atoms with Crippen molar-refractivity contribution in [2.45, 2.75) is 6.92 Å². The van der Waals surface area contributed by atoms with Crippen LogP contribution in [0.3, 0.4) is 0 Å². The van der Waals surface area contributed by atoms with Crippen molar-refractivity contribution in [1.29, 1.82) is 0 Å². The molecular weight excluding hydrogens is 256 g/mol. The Balaban J connectivity index is 2.28. The Morgan fingerprint density at radius 1 is 1.05 bits per heavy atom. The van der Waals surface area contributed by atoms with Gasteiger partial charge >= 0.3 is 0 Å². The number of nitro groups is 1. The lowest BCUT2D eigenvalue weighted by Gasteiger charge is -2.07. The van der Waals surface area contributed by atoms with Crippen molar-refractivity contribution in [3.05, 3.63) is 63.7 Å². The van der Waals surface area contributed by atoms with Crippen molar-refractivity contribution in [3.63, 3.8) is 0 Å². The summed E-state index contributed by atoms with van der Waals surface area (Å²) in [6, 6.07) is 6.86. The highest BCUT2D eigenvalue weighted by molar-refractivity contribution is 5.45. The molecule has 0 N–H and O–H groups in total. The van der Waals surface area contributed by atoms with Gasteiger partial charge in [0.25, 0.3) is 5.69 Å². The minimum atomic E-state index is -0.756. The Bertz CT molecular complexity index is 624. The van der Waals surface area contributed by atoms with Gasteiger partial charge in [0.05, 0.1) is 4.92 Å². The average Bonchev–Trinajstić information content (AvgIpc) is 2.26. The summed E-state index contributed by atoms with van der Waals surface area (Å²) in [7, 11) is 0. The molecule has 0 saturated heterocycles. The second-order valence-electron chi connectivity index (χ2n) is 3.91. The van der Waals surface area contributed by atoms with E-state index in [4.69, 9.17) is 4.74 Å². The smallest absolute Gasteiger partial charge is 0.272 e. The summed E-state index contributed by atoms with van der Waals surface area (Å²) >= 11 is 0. The molecular formula is C13H9F2NO3. The molecule has 0 aliphatic heterocycles. The van der Waals surface area contributed by atoms with Crippen molar-refractivity contribution >= 4 is 5.69 Å². The molecule has 0 atom stereocenters. The molecule has 98 valence electrons. The van der Waals surface area contributed by atoms with Gasteiger partial charge < -0.3 is 4.74 Å². The molecule has 6 heteroatoms. The Morgan fingerprint density at radius 3 is 2.21 bits per heavy atom. The van der Waals surface area contributed by atoms with Crippen LogP contribution in [0.2, 0.25) is 0 Å². The third-order valence-electron chi connectivity index (χ3n) is 2.44. The van der Waals surface area contributed by atoms with Crippen LogP contribution in [0.1, 0.15) is 5.56 Å². The summed E-state index contributed by atoms with van der Waals surface area (Å²) in [4.78, 5) is 10.1. The third kappa shape index (κ3) is 3.04. The zero-order valence-electron chi connectivity index (χ0n) is 9.89. The Morgan fingerprint density at radius 2 is 1.68 bits per heavy atom. The van der Waals surface area contributed by atoms with E-state index in [1.807, 2.05) is 0 Å². The SMILES string of the molecule is Cc1cc(Oc2cc(F)cc(F)c2)ccc1[N+](=O)[O-]. The molecule has 0 unspecified atom stereocenters. The van der Waals surface area contributed by atoms with Crippen molar-refractivity contribution in [3.8, 4) is 11.5 Å². The van der Waals surface area contributed by atoms with Gasteiger partial charge in [-0.2, -0.15) is 0 Å². The second kappa shape index (κ2) is 5.01. The van der Waals surface area contributed by atoms with Crippen LogP contribution in [0.4, 0.5) is 14.5 Å². The van der Waals surface area contributed by atoms with E-state index in [2.05, 4.69) is 0 Å². The fraction of sp³-hybridized carbons (Fsp3) is 0.0769. The second-order valence-corrected chi connectivity index (χ2v) is 3.91. The number of hydrogen-bond donors (Lipinski definition) is 0.